The van der Waals surface area contributed by atoms with Crippen molar-refractivity contribution in [2.45, 2.75) is 38.3 Å². The lowest BCUT2D eigenvalue weighted by molar-refractivity contribution is 0.282. The lowest BCUT2D eigenvalue weighted by Crippen LogP contribution is -2.40. The van der Waals surface area contributed by atoms with E-state index in [1.165, 1.54) is 0 Å². The number of sulfonamides is 1. The van der Waals surface area contributed by atoms with Crippen molar-refractivity contribution in [3.63, 3.8) is 0 Å². The Labute approximate surface area is 126 Å². The first-order valence-corrected chi connectivity index (χ1v) is 8.59. The Morgan fingerprint density at radius 2 is 1.90 bits per heavy atom. The summed E-state index contributed by atoms with van der Waals surface area (Å²) in [5.74, 6) is 0. The lowest BCUT2D eigenvalue weighted by Gasteiger charge is -2.34. The Balaban J connectivity index is 2.03. The molecule has 1 aliphatic rings. The van der Waals surface area contributed by atoms with E-state index in [0.29, 0.717) is 18.0 Å². The average Bonchev–Trinajstić information content (AvgIpc) is 2.87. The summed E-state index contributed by atoms with van der Waals surface area (Å²) >= 11 is 0. The van der Waals surface area contributed by atoms with Gasteiger partial charge in [0.2, 0.25) is 10.0 Å². The Morgan fingerprint density at radius 1 is 1.14 bits per heavy atom. The summed E-state index contributed by atoms with van der Waals surface area (Å²) < 4.78 is 29.7. The SMILES string of the molecule is Cc1ccc(S(=O)(=O)N2CCn3cccc3C2C)c(C)c1. The summed E-state index contributed by atoms with van der Waals surface area (Å²) in [5.41, 5.74) is 2.93. The van der Waals surface area contributed by atoms with Gasteiger partial charge in [-0.15, -0.1) is 0 Å². The second kappa shape index (κ2) is 5.00. The van der Waals surface area contributed by atoms with E-state index in [1.807, 2.05) is 51.2 Å². The molecule has 4 nitrogen and oxygen atoms in total. The van der Waals surface area contributed by atoms with Crippen LogP contribution in [0.4, 0.5) is 0 Å². The van der Waals surface area contributed by atoms with Crippen molar-refractivity contribution in [3.8, 4) is 0 Å². The third-order valence-electron chi connectivity index (χ3n) is 4.20. The van der Waals surface area contributed by atoms with E-state index in [1.54, 1.807) is 10.4 Å². The summed E-state index contributed by atoms with van der Waals surface area (Å²) in [6, 6.07) is 9.33. The van der Waals surface area contributed by atoms with Crippen LogP contribution in [0.25, 0.3) is 0 Å². The molecule has 1 aromatic heterocycles. The molecule has 1 aromatic carbocycles. The van der Waals surface area contributed by atoms with Crippen LogP contribution >= 0.6 is 0 Å². The molecule has 0 saturated carbocycles. The molecule has 0 bridgehead atoms. The van der Waals surface area contributed by atoms with Gasteiger partial charge in [-0.05, 0) is 44.5 Å². The molecular weight excluding hydrogens is 284 g/mol. The topological polar surface area (TPSA) is 42.3 Å². The lowest BCUT2D eigenvalue weighted by atomic mass is 10.2. The summed E-state index contributed by atoms with van der Waals surface area (Å²) in [5, 5.41) is 0. The highest BCUT2D eigenvalue weighted by Crippen LogP contribution is 2.32. The van der Waals surface area contributed by atoms with Crippen molar-refractivity contribution >= 4 is 10.0 Å². The van der Waals surface area contributed by atoms with Gasteiger partial charge in [-0.1, -0.05) is 17.7 Å². The fourth-order valence-electron chi connectivity index (χ4n) is 3.10. The molecule has 0 amide bonds. The highest BCUT2D eigenvalue weighted by Gasteiger charge is 2.34. The standard InChI is InChI=1S/C16H20N2O2S/c1-12-6-7-16(13(2)11-12)21(19,20)18-10-9-17-8-4-5-15(17)14(18)3/h4-8,11,14H,9-10H2,1-3H3. The average molecular weight is 304 g/mol. The van der Waals surface area contributed by atoms with E-state index in [2.05, 4.69) is 4.57 Å². The fourth-order valence-corrected chi connectivity index (χ4v) is 4.91. The maximum atomic E-state index is 13.0. The molecule has 0 N–H and O–H groups in total. The van der Waals surface area contributed by atoms with Gasteiger partial charge >= 0.3 is 0 Å². The van der Waals surface area contributed by atoms with Gasteiger partial charge in [-0.3, -0.25) is 0 Å². The first kappa shape index (κ1) is 14.4. The number of hydrogen-bond donors (Lipinski definition) is 0. The number of fused-ring (bicyclic) bond motifs is 1. The molecule has 1 unspecified atom stereocenters. The number of benzene rings is 1. The van der Waals surface area contributed by atoms with Crippen LogP contribution in [0, 0.1) is 13.8 Å². The second-order valence-corrected chi connectivity index (χ2v) is 7.55. The van der Waals surface area contributed by atoms with Crippen molar-refractivity contribution in [2.24, 2.45) is 0 Å². The van der Waals surface area contributed by atoms with Gasteiger partial charge in [-0.2, -0.15) is 4.31 Å². The molecule has 1 atom stereocenters. The third kappa shape index (κ3) is 2.30. The van der Waals surface area contributed by atoms with Gasteiger partial charge < -0.3 is 4.57 Å². The molecule has 21 heavy (non-hydrogen) atoms. The van der Waals surface area contributed by atoms with Crippen LogP contribution in [-0.4, -0.2) is 23.8 Å². The van der Waals surface area contributed by atoms with E-state index in [0.717, 1.165) is 16.8 Å². The van der Waals surface area contributed by atoms with Crippen molar-refractivity contribution in [1.29, 1.82) is 0 Å². The predicted octanol–water partition coefficient (Wildman–Crippen LogP) is 2.87. The molecule has 0 radical (unpaired) electrons. The van der Waals surface area contributed by atoms with Gasteiger partial charge in [0.05, 0.1) is 10.9 Å². The van der Waals surface area contributed by atoms with E-state index in [-0.39, 0.29) is 6.04 Å². The first-order valence-electron chi connectivity index (χ1n) is 7.15. The van der Waals surface area contributed by atoms with Crippen molar-refractivity contribution in [2.75, 3.05) is 6.54 Å². The molecule has 0 fully saturated rings. The minimum absolute atomic E-state index is 0.139. The van der Waals surface area contributed by atoms with Gasteiger partial charge in [0.1, 0.15) is 0 Å². The number of aromatic nitrogens is 1. The minimum atomic E-state index is -3.46. The summed E-state index contributed by atoms with van der Waals surface area (Å²) in [4.78, 5) is 0.417. The van der Waals surface area contributed by atoms with Gasteiger partial charge in [-0.25, -0.2) is 8.42 Å². The molecule has 1 aliphatic heterocycles. The molecule has 0 aliphatic carbocycles. The maximum absolute atomic E-state index is 13.0. The zero-order valence-corrected chi connectivity index (χ0v) is 13.4. The zero-order valence-electron chi connectivity index (χ0n) is 12.6. The minimum Gasteiger partial charge on any atom is -0.349 e. The van der Waals surface area contributed by atoms with Crippen LogP contribution in [-0.2, 0) is 16.6 Å². The Hall–Kier alpha value is -1.59. The van der Waals surface area contributed by atoms with Crippen molar-refractivity contribution in [1.82, 2.24) is 8.87 Å². The van der Waals surface area contributed by atoms with Crippen LogP contribution < -0.4 is 0 Å². The summed E-state index contributed by atoms with van der Waals surface area (Å²) in [6.45, 7) is 7.00. The largest absolute Gasteiger partial charge is 0.349 e. The summed E-state index contributed by atoms with van der Waals surface area (Å²) in [6.07, 6.45) is 2.01. The van der Waals surface area contributed by atoms with E-state index >= 15 is 0 Å². The smallest absolute Gasteiger partial charge is 0.243 e. The Bertz CT molecular complexity index is 777. The third-order valence-corrected chi connectivity index (χ3v) is 6.33. The second-order valence-electron chi connectivity index (χ2n) is 5.69. The molecular formula is C16H20N2O2S. The number of hydrogen-bond acceptors (Lipinski definition) is 2. The number of nitrogens with zero attached hydrogens (tertiary/aromatic N) is 2. The van der Waals surface area contributed by atoms with E-state index < -0.39 is 10.0 Å². The van der Waals surface area contributed by atoms with Crippen LogP contribution in [0.5, 0.6) is 0 Å². The van der Waals surface area contributed by atoms with Crippen LogP contribution in [0.3, 0.4) is 0 Å². The van der Waals surface area contributed by atoms with Crippen molar-refractivity contribution in [3.05, 3.63) is 53.3 Å². The molecule has 2 aromatic rings. The Morgan fingerprint density at radius 3 is 2.62 bits per heavy atom. The molecule has 3 rings (SSSR count). The quantitative estimate of drug-likeness (QED) is 0.856. The molecule has 2 heterocycles. The Kier molecular flexibility index (Phi) is 3.42. The maximum Gasteiger partial charge on any atom is 0.243 e. The van der Waals surface area contributed by atoms with Gasteiger partial charge in [0.25, 0.3) is 0 Å². The highest BCUT2D eigenvalue weighted by molar-refractivity contribution is 7.89. The molecule has 0 saturated heterocycles. The molecule has 0 spiro atoms. The molecule has 112 valence electrons. The summed E-state index contributed by atoms with van der Waals surface area (Å²) in [7, 11) is -3.46. The van der Waals surface area contributed by atoms with Crippen LogP contribution in [0.2, 0.25) is 0 Å². The van der Waals surface area contributed by atoms with Crippen LogP contribution in [0.15, 0.2) is 41.4 Å². The molecule has 5 heteroatoms. The number of rotatable bonds is 2. The van der Waals surface area contributed by atoms with Crippen LogP contribution in [0.1, 0.15) is 29.8 Å². The number of aryl methyl sites for hydroxylation is 2. The fraction of sp³-hybridized carbons (Fsp3) is 0.375. The van der Waals surface area contributed by atoms with E-state index in [4.69, 9.17) is 0 Å². The first-order chi connectivity index (χ1) is 9.91. The van der Waals surface area contributed by atoms with Crippen molar-refractivity contribution < 1.29 is 8.42 Å². The van der Waals surface area contributed by atoms with Gasteiger partial charge in [0.15, 0.2) is 0 Å². The van der Waals surface area contributed by atoms with Gasteiger partial charge in [0, 0.05) is 25.0 Å². The predicted molar refractivity (Wildman–Crippen MR) is 82.7 cm³/mol. The highest BCUT2D eigenvalue weighted by atomic mass is 32.2. The monoisotopic (exact) mass is 304 g/mol. The normalized spacial score (nSPS) is 19.5. The zero-order chi connectivity index (χ0) is 15.2. The van der Waals surface area contributed by atoms with E-state index in [9.17, 15) is 8.42 Å².